The minimum absolute atomic E-state index is 0.195. The number of aromatic nitrogens is 2. The minimum Gasteiger partial charge on any atom is -0.359 e. The Morgan fingerprint density at radius 3 is 2.73 bits per heavy atom. The Morgan fingerprint density at radius 2 is 1.96 bits per heavy atom. The van der Waals surface area contributed by atoms with E-state index in [0.29, 0.717) is 22.2 Å². The molecule has 0 aliphatic heterocycles. The van der Waals surface area contributed by atoms with Gasteiger partial charge in [0.1, 0.15) is 5.69 Å². The molecule has 3 heterocycles. The molecule has 0 fully saturated rings. The maximum absolute atomic E-state index is 12.2. The summed E-state index contributed by atoms with van der Waals surface area (Å²) >= 11 is 7.39. The van der Waals surface area contributed by atoms with Crippen LogP contribution >= 0.6 is 22.9 Å². The lowest BCUT2D eigenvalue weighted by Crippen LogP contribution is -2.22. The molecule has 8 heteroatoms. The number of carbonyl (C=O) groups is 1. The second-order valence-corrected chi connectivity index (χ2v) is 6.81. The fourth-order valence-electron chi connectivity index (χ4n) is 2.33. The van der Waals surface area contributed by atoms with Gasteiger partial charge in [-0.2, -0.15) is 0 Å². The third-order valence-electron chi connectivity index (χ3n) is 3.63. The molecule has 6 nitrogen and oxygen atoms in total. The van der Waals surface area contributed by atoms with Gasteiger partial charge in [-0.15, -0.1) is 11.3 Å². The molecule has 0 unspecified atom stereocenters. The lowest BCUT2D eigenvalue weighted by Gasteiger charge is -1.98. The highest BCUT2D eigenvalue weighted by atomic mass is 35.5. The van der Waals surface area contributed by atoms with Gasteiger partial charge in [-0.25, -0.2) is 0 Å². The molecule has 0 aliphatic rings. The molecule has 0 bridgehead atoms. The number of benzene rings is 1. The summed E-state index contributed by atoms with van der Waals surface area (Å²) in [5.41, 5.74) is 1.77. The first-order chi connectivity index (χ1) is 12.7. The summed E-state index contributed by atoms with van der Waals surface area (Å²) in [6, 6.07) is 14.5. The van der Waals surface area contributed by atoms with E-state index in [4.69, 9.17) is 20.6 Å². The maximum Gasteiger partial charge on any atom is 0.273 e. The SMILES string of the molecule is O=C(NCc1cc(-c2ccc(Cl)cc2)no1)c1cc(-c2cccs2)on1. The average molecular weight is 386 g/mol. The van der Waals surface area contributed by atoms with Crippen molar-refractivity contribution in [2.45, 2.75) is 6.54 Å². The molecule has 4 rings (SSSR count). The van der Waals surface area contributed by atoms with Crippen LogP contribution in [0.2, 0.25) is 5.02 Å². The Morgan fingerprint density at radius 1 is 1.12 bits per heavy atom. The van der Waals surface area contributed by atoms with Gasteiger partial charge in [-0.3, -0.25) is 4.79 Å². The maximum atomic E-state index is 12.2. The molecule has 26 heavy (non-hydrogen) atoms. The van der Waals surface area contributed by atoms with Crippen molar-refractivity contribution < 1.29 is 13.8 Å². The van der Waals surface area contributed by atoms with E-state index in [-0.39, 0.29) is 18.1 Å². The number of nitrogens with zero attached hydrogens (tertiary/aromatic N) is 2. The predicted octanol–water partition coefficient (Wildman–Crippen LogP) is 4.64. The highest BCUT2D eigenvalue weighted by molar-refractivity contribution is 7.13. The Balaban J connectivity index is 1.40. The van der Waals surface area contributed by atoms with Crippen molar-refractivity contribution in [3.8, 4) is 21.9 Å². The van der Waals surface area contributed by atoms with Gasteiger partial charge in [0, 0.05) is 22.7 Å². The lowest BCUT2D eigenvalue weighted by molar-refractivity contribution is 0.0938. The summed E-state index contributed by atoms with van der Waals surface area (Å²) < 4.78 is 10.5. The summed E-state index contributed by atoms with van der Waals surface area (Å²) in [6.45, 7) is 0.195. The van der Waals surface area contributed by atoms with Gasteiger partial charge in [0.25, 0.3) is 5.91 Å². The van der Waals surface area contributed by atoms with E-state index in [1.807, 2.05) is 29.6 Å². The molecule has 0 saturated heterocycles. The van der Waals surface area contributed by atoms with Crippen LogP contribution in [0.3, 0.4) is 0 Å². The third-order valence-corrected chi connectivity index (χ3v) is 4.77. The third kappa shape index (κ3) is 3.54. The van der Waals surface area contributed by atoms with Crippen molar-refractivity contribution in [2.24, 2.45) is 0 Å². The predicted molar refractivity (Wildman–Crippen MR) is 97.9 cm³/mol. The normalized spacial score (nSPS) is 10.8. The van der Waals surface area contributed by atoms with Crippen molar-refractivity contribution in [3.63, 3.8) is 0 Å². The van der Waals surface area contributed by atoms with Gasteiger partial charge in [0.15, 0.2) is 17.2 Å². The van der Waals surface area contributed by atoms with E-state index in [1.54, 1.807) is 24.3 Å². The van der Waals surface area contributed by atoms with Crippen LogP contribution < -0.4 is 5.32 Å². The Labute approximate surface area is 157 Å². The highest BCUT2D eigenvalue weighted by Crippen LogP contribution is 2.25. The molecule has 4 aromatic rings. The van der Waals surface area contributed by atoms with Crippen LogP contribution in [0.1, 0.15) is 16.2 Å². The van der Waals surface area contributed by atoms with Gasteiger partial charge >= 0.3 is 0 Å². The fraction of sp³-hybridized carbons (Fsp3) is 0.0556. The number of hydrogen-bond donors (Lipinski definition) is 1. The second-order valence-electron chi connectivity index (χ2n) is 5.42. The van der Waals surface area contributed by atoms with E-state index < -0.39 is 0 Å². The molecule has 0 radical (unpaired) electrons. The smallest absolute Gasteiger partial charge is 0.273 e. The van der Waals surface area contributed by atoms with E-state index in [9.17, 15) is 4.79 Å². The van der Waals surface area contributed by atoms with Crippen LogP contribution in [0.15, 0.2) is 63.0 Å². The number of carbonyl (C=O) groups excluding carboxylic acids is 1. The molecule has 130 valence electrons. The topological polar surface area (TPSA) is 81.2 Å². The van der Waals surface area contributed by atoms with Gasteiger partial charge in [-0.05, 0) is 23.6 Å². The summed E-state index contributed by atoms with van der Waals surface area (Å²) in [5, 5.41) is 13.1. The first-order valence-electron chi connectivity index (χ1n) is 7.69. The molecule has 0 aliphatic carbocycles. The summed E-state index contributed by atoms with van der Waals surface area (Å²) in [4.78, 5) is 13.1. The highest BCUT2D eigenvalue weighted by Gasteiger charge is 2.15. The van der Waals surface area contributed by atoms with Crippen molar-refractivity contribution in [3.05, 3.63) is 70.4 Å². The van der Waals surface area contributed by atoms with Crippen molar-refractivity contribution in [1.82, 2.24) is 15.6 Å². The molecule has 0 atom stereocenters. The van der Waals surface area contributed by atoms with Crippen LogP contribution in [-0.2, 0) is 6.54 Å². The Hall–Kier alpha value is -2.90. The molecule has 1 amide bonds. The second kappa shape index (κ2) is 7.15. The first-order valence-corrected chi connectivity index (χ1v) is 8.95. The Bertz CT molecular complexity index is 1020. The minimum atomic E-state index is -0.346. The quantitative estimate of drug-likeness (QED) is 0.541. The number of halogens is 1. The number of nitrogens with one attached hydrogen (secondary N) is 1. The molecule has 3 aromatic heterocycles. The van der Waals surface area contributed by atoms with E-state index >= 15 is 0 Å². The number of amides is 1. The molecule has 1 N–H and O–H groups in total. The molecule has 0 spiro atoms. The first kappa shape index (κ1) is 16.6. The van der Waals surface area contributed by atoms with Crippen LogP contribution in [0, 0.1) is 0 Å². The van der Waals surface area contributed by atoms with E-state index in [2.05, 4.69) is 15.6 Å². The standard InChI is InChI=1S/C18H12ClN3O3S/c19-12-5-3-11(4-6-12)14-8-13(24-21-14)10-20-18(23)15-9-16(25-22-15)17-2-1-7-26-17/h1-9H,10H2,(H,20,23). The number of rotatable bonds is 5. The summed E-state index contributed by atoms with van der Waals surface area (Å²) in [7, 11) is 0. The zero-order chi connectivity index (χ0) is 17.9. The number of hydrogen-bond acceptors (Lipinski definition) is 6. The van der Waals surface area contributed by atoms with Gasteiger partial charge in [0.05, 0.1) is 11.4 Å². The van der Waals surface area contributed by atoms with Crippen molar-refractivity contribution >= 4 is 28.8 Å². The van der Waals surface area contributed by atoms with Crippen LogP contribution in [-0.4, -0.2) is 16.2 Å². The molecular weight excluding hydrogens is 374 g/mol. The van der Waals surface area contributed by atoms with Gasteiger partial charge in [0.2, 0.25) is 0 Å². The Kier molecular flexibility index (Phi) is 4.55. The zero-order valence-electron chi connectivity index (χ0n) is 13.3. The summed E-state index contributed by atoms with van der Waals surface area (Å²) in [5.74, 6) is 0.751. The zero-order valence-corrected chi connectivity index (χ0v) is 14.9. The molecule has 0 saturated carbocycles. The van der Waals surface area contributed by atoms with Crippen LogP contribution in [0.4, 0.5) is 0 Å². The average Bonchev–Trinajstić information content (AvgIpc) is 3.41. The van der Waals surface area contributed by atoms with Crippen molar-refractivity contribution in [1.29, 1.82) is 0 Å². The largest absolute Gasteiger partial charge is 0.359 e. The lowest BCUT2D eigenvalue weighted by atomic mass is 10.1. The summed E-state index contributed by atoms with van der Waals surface area (Å²) in [6.07, 6.45) is 0. The molecular formula is C18H12ClN3O3S. The van der Waals surface area contributed by atoms with E-state index in [1.165, 1.54) is 11.3 Å². The fourth-order valence-corrected chi connectivity index (χ4v) is 3.13. The van der Waals surface area contributed by atoms with Gasteiger partial charge < -0.3 is 14.4 Å². The van der Waals surface area contributed by atoms with Crippen LogP contribution in [0.25, 0.3) is 21.9 Å². The number of thiophene rings is 1. The monoisotopic (exact) mass is 385 g/mol. The molecule has 1 aromatic carbocycles. The van der Waals surface area contributed by atoms with Crippen molar-refractivity contribution in [2.75, 3.05) is 0 Å². The van der Waals surface area contributed by atoms with Crippen LogP contribution in [0.5, 0.6) is 0 Å². The van der Waals surface area contributed by atoms with E-state index in [0.717, 1.165) is 10.4 Å². The van der Waals surface area contributed by atoms with Gasteiger partial charge in [-0.1, -0.05) is 40.1 Å².